The molecule has 0 aromatic heterocycles. The molecule has 0 bridgehead atoms. The second kappa shape index (κ2) is 5.87. The second-order valence-electron chi connectivity index (χ2n) is 5.38. The fourth-order valence-corrected chi connectivity index (χ4v) is 4.05. The van der Waals surface area contributed by atoms with Crippen LogP contribution >= 0.6 is 0 Å². The lowest BCUT2D eigenvalue weighted by molar-refractivity contribution is -0.121. The van der Waals surface area contributed by atoms with Crippen molar-refractivity contribution in [2.45, 2.75) is 43.9 Å². The smallest absolute Gasteiger partial charge is 0.185 e. The first-order valence-corrected chi connectivity index (χ1v) is 8.46. The van der Waals surface area contributed by atoms with E-state index >= 15 is 0 Å². The minimum absolute atomic E-state index is 0.0478. The van der Waals surface area contributed by atoms with E-state index in [1.54, 1.807) is 18.2 Å². The fourth-order valence-electron chi connectivity index (χ4n) is 2.62. The van der Waals surface area contributed by atoms with Crippen molar-refractivity contribution in [2.75, 3.05) is 5.75 Å². The second-order valence-corrected chi connectivity index (χ2v) is 7.37. The highest BCUT2D eigenvalue weighted by Gasteiger charge is 2.26. The molecule has 0 atom stereocenters. The van der Waals surface area contributed by atoms with Gasteiger partial charge in [-0.2, -0.15) is 0 Å². The molecular formula is C15H20O3S. The van der Waals surface area contributed by atoms with Crippen molar-refractivity contribution in [2.24, 2.45) is 5.92 Å². The average molecular weight is 280 g/mol. The van der Waals surface area contributed by atoms with Gasteiger partial charge in [-0.25, -0.2) is 8.42 Å². The van der Waals surface area contributed by atoms with E-state index in [-0.39, 0.29) is 22.3 Å². The van der Waals surface area contributed by atoms with Crippen LogP contribution in [0.5, 0.6) is 0 Å². The first-order chi connectivity index (χ1) is 8.99. The monoisotopic (exact) mass is 280 g/mol. The van der Waals surface area contributed by atoms with Gasteiger partial charge >= 0.3 is 0 Å². The molecule has 19 heavy (non-hydrogen) atoms. The number of Topliss-reactive ketones (excluding diaryl/α,β-unsaturated/α-hetero) is 1. The number of sulfone groups is 1. The molecule has 1 aromatic rings. The van der Waals surface area contributed by atoms with Crippen LogP contribution in [0.4, 0.5) is 0 Å². The van der Waals surface area contributed by atoms with Crippen molar-refractivity contribution in [1.82, 2.24) is 0 Å². The predicted molar refractivity (Wildman–Crippen MR) is 74.8 cm³/mol. The molecule has 0 radical (unpaired) electrons. The molecule has 2 rings (SSSR count). The summed E-state index contributed by atoms with van der Waals surface area (Å²) < 4.78 is 24.4. The molecule has 0 amide bonds. The molecule has 0 heterocycles. The molecule has 1 aromatic carbocycles. The molecule has 1 fully saturated rings. The maximum absolute atomic E-state index is 12.2. The van der Waals surface area contributed by atoms with E-state index in [0.717, 1.165) is 37.7 Å². The van der Waals surface area contributed by atoms with Crippen LogP contribution in [0.15, 0.2) is 29.2 Å². The normalized spacial score (nSPS) is 17.3. The zero-order valence-electron chi connectivity index (χ0n) is 11.3. The SMILES string of the molecule is Cc1cccc(S(=O)(=O)CC(=O)C2CCCCC2)c1. The van der Waals surface area contributed by atoms with Gasteiger partial charge < -0.3 is 0 Å². The lowest BCUT2D eigenvalue weighted by atomic mass is 9.87. The summed E-state index contributed by atoms with van der Waals surface area (Å²) in [5, 5.41) is 0. The minimum Gasteiger partial charge on any atom is -0.298 e. The van der Waals surface area contributed by atoms with E-state index in [4.69, 9.17) is 0 Å². The number of benzene rings is 1. The maximum atomic E-state index is 12.2. The van der Waals surface area contributed by atoms with Gasteiger partial charge in [0, 0.05) is 5.92 Å². The summed E-state index contributed by atoms with van der Waals surface area (Å²) in [5.74, 6) is -0.504. The van der Waals surface area contributed by atoms with Gasteiger partial charge in [0.15, 0.2) is 15.6 Å². The number of hydrogen-bond donors (Lipinski definition) is 0. The van der Waals surface area contributed by atoms with Crippen molar-refractivity contribution in [3.8, 4) is 0 Å². The van der Waals surface area contributed by atoms with Crippen molar-refractivity contribution < 1.29 is 13.2 Å². The first-order valence-electron chi connectivity index (χ1n) is 6.81. The van der Waals surface area contributed by atoms with E-state index in [0.29, 0.717) is 0 Å². The zero-order valence-corrected chi connectivity index (χ0v) is 12.1. The third kappa shape index (κ3) is 3.66. The summed E-state index contributed by atoms with van der Waals surface area (Å²) in [6.07, 6.45) is 4.94. The molecular weight excluding hydrogens is 260 g/mol. The van der Waals surface area contributed by atoms with E-state index in [2.05, 4.69) is 0 Å². The Morgan fingerprint density at radius 1 is 1.21 bits per heavy atom. The summed E-state index contributed by atoms with van der Waals surface area (Å²) in [6.45, 7) is 1.85. The first kappa shape index (κ1) is 14.3. The molecule has 1 aliphatic rings. The Balaban J connectivity index is 2.10. The minimum atomic E-state index is -3.48. The van der Waals surface area contributed by atoms with Gasteiger partial charge in [0.1, 0.15) is 5.75 Å². The van der Waals surface area contributed by atoms with Crippen molar-refractivity contribution in [3.63, 3.8) is 0 Å². The van der Waals surface area contributed by atoms with Gasteiger partial charge in [-0.3, -0.25) is 4.79 Å². The van der Waals surface area contributed by atoms with E-state index < -0.39 is 9.84 Å². The third-order valence-electron chi connectivity index (χ3n) is 3.74. The van der Waals surface area contributed by atoms with E-state index in [1.807, 2.05) is 13.0 Å². The Morgan fingerprint density at radius 2 is 1.89 bits per heavy atom. The highest BCUT2D eigenvalue weighted by molar-refractivity contribution is 7.92. The van der Waals surface area contributed by atoms with Crippen LogP contribution in [0, 0.1) is 12.8 Å². The molecule has 1 saturated carbocycles. The number of aryl methyl sites for hydroxylation is 1. The van der Waals surface area contributed by atoms with Gasteiger partial charge in [0.2, 0.25) is 0 Å². The fraction of sp³-hybridized carbons (Fsp3) is 0.533. The molecule has 104 valence electrons. The van der Waals surface area contributed by atoms with Gasteiger partial charge in [-0.15, -0.1) is 0 Å². The number of hydrogen-bond acceptors (Lipinski definition) is 3. The van der Waals surface area contributed by atoms with Crippen molar-refractivity contribution in [1.29, 1.82) is 0 Å². The summed E-state index contributed by atoms with van der Waals surface area (Å²) in [4.78, 5) is 12.4. The lowest BCUT2D eigenvalue weighted by Gasteiger charge is -2.20. The van der Waals surface area contributed by atoms with Crippen LogP contribution in [0.2, 0.25) is 0 Å². The summed E-state index contributed by atoms with van der Waals surface area (Å²) in [7, 11) is -3.48. The van der Waals surface area contributed by atoms with Gasteiger partial charge in [0.25, 0.3) is 0 Å². The summed E-state index contributed by atoms with van der Waals surface area (Å²) >= 11 is 0. The Hall–Kier alpha value is -1.16. The molecule has 0 unspecified atom stereocenters. The van der Waals surface area contributed by atoms with Crippen LogP contribution in [0.1, 0.15) is 37.7 Å². The van der Waals surface area contributed by atoms with E-state index in [9.17, 15) is 13.2 Å². The molecule has 0 aliphatic heterocycles. The highest BCUT2D eigenvalue weighted by Crippen LogP contribution is 2.25. The Labute approximate surface area is 114 Å². The highest BCUT2D eigenvalue weighted by atomic mass is 32.2. The molecule has 0 saturated heterocycles. The number of rotatable bonds is 4. The van der Waals surface area contributed by atoms with Crippen molar-refractivity contribution >= 4 is 15.6 Å². The average Bonchev–Trinajstić information content (AvgIpc) is 2.39. The maximum Gasteiger partial charge on any atom is 0.185 e. The van der Waals surface area contributed by atoms with Gasteiger partial charge in [0.05, 0.1) is 4.90 Å². The number of carbonyl (C=O) groups is 1. The molecule has 0 spiro atoms. The van der Waals surface area contributed by atoms with Crippen LogP contribution in [0.25, 0.3) is 0 Å². The summed E-state index contributed by atoms with van der Waals surface area (Å²) in [5.41, 5.74) is 0.895. The zero-order chi connectivity index (χ0) is 13.9. The van der Waals surface area contributed by atoms with Gasteiger partial charge in [-0.1, -0.05) is 31.4 Å². The summed E-state index contributed by atoms with van der Waals surface area (Å²) in [6, 6.07) is 6.76. The molecule has 3 nitrogen and oxygen atoms in total. The Bertz CT molecular complexity index is 555. The van der Waals surface area contributed by atoms with Crippen LogP contribution in [-0.2, 0) is 14.6 Å². The number of carbonyl (C=O) groups excluding carboxylic acids is 1. The quantitative estimate of drug-likeness (QED) is 0.852. The van der Waals surface area contributed by atoms with Gasteiger partial charge in [-0.05, 0) is 37.5 Å². The van der Waals surface area contributed by atoms with Crippen LogP contribution in [-0.4, -0.2) is 20.0 Å². The number of ketones is 1. The Morgan fingerprint density at radius 3 is 2.53 bits per heavy atom. The molecule has 1 aliphatic carbocycles. The largest absolute Gasteiger partial charge is 0.298 e. The van der Waals surface area contributed by atoms with Crippen LogP contribution < -0.4 is 0 Å². The van der Waals surface area contributed by atoms with E-state index in [1.165, 1.54) is 0 Å². The standard InChI is InChI=1S/C15H20O3S/c1-12-6-5-9-14(10-12)19(17,18)11-15(16)13-7-3-2-4-8-13/h5-6,9-10,13H,2-4,7-8,11H2,1H3. The lowest BCUT2D eigenvalue weighted by Crippen LogP contribution is -2.25. The Kier molecular flexibility index (Phi) is 4.40. The predicted octanol–water partition coefficient (Wildman–Crippen LogP) is 2.92. The topological polar surface area (TPSA) is 51.2 Å². The molecule has 0 N–H and O–H groups in total. The van der Waals surface area contributed by atoms with Crippen molar-refractivity contribution in [3.05, 3.63) is 29.8 Å². The van der Waals surface area contributed by atoms with Crippen LogP contribution in [0.3, 0.4) is 0 Å². The third-order valence-corrected chi connectivity index (χ3v) is 5.38. The molecule has 4 heteroatoms.